The molecule has 184 valence electrons. The van der Waals surface area contributed by atoms with E-state index in [2.05, 4.69) is 20.5 Å². The Morgan fingerprint density at radius 3 is 2.86 bits per heavy atom. The molecule has 2 heterocycles. The summed E-state index contributed by atoms with van der Waals surface area (Å²) in [7, 11) is 1.44. The Morgan fingerprint density at radius 2 is 2.14 bits per heavy atom. The Morgan fingerprint density at radius 1 is 1.34 bits per heavy atom. The van der Waals surface area contributed by atoms with Crippen LogP contribution in [0.25, 0.3) is 11.1 Å². The standard InChI is InChI=1S/C25H27FN4O4S/c1-5-17(16(3)31)9-6-7-12-34-25-30-29-24(35-25)28-23(32)19-14-27-15(2)13-18(19)22-20(26)10-8-11-21(22)33-4/h5-6,8-11,13-14,16,31H,7,12H2,1-4H3,(H,28,29,32)/b9-6-,17-5+. The lowest BCUT2D eigenvalue weighted by molar-refractivity contribution is 0.102. The zero-order chi connectivity index (χ0) is 25.4. The van der Waals surface area contributed by atoms with E-state index in [9.17, 15) is 14.3 Å². The molecule has 35 heavy (non-hydrogen) atoms. The van der Waals surface area contributed by atoms with Crippen molar-refractivity contribution in [1.29, 1.82) is 0 Å². The molecule has 2 aromatic heterocycles. The number of rotatable bonds is 10. The van der Waals surface area contributed by atoms with Gasteiger partial charge in [-0.1, -0.05) is 29.4 Å². The Bertz CT molecular complexity index is 1240. The average Bonchev–Trinajstić information content (AvgIpc) is 3.27. The van der Waals surface area contributed by atoms with Gasteiger partial charge in [-0.2, -0.15) is 0 Å². The Labute approximate surface area is 207 Å². The molecule has 1 unspecified atom stereocenters. The van der Waals surface area contributed by atoms with E-state index in [1.165, 1.54) is 25.4 Å². The second kappa shape index (κ2) is 12.2. The van der Waals surface area contributed by atoms with E-state index in [1.807, 2.05) is 25.2 Å². The van der Waals surface area contributed by atoms with Crippen LogP contribution in [-0.4, -0.2) is 46.0 Å². The summed E-state index contributed by atoms with van der Waals surface area (Å²) in [6.45, 7) is 5.68. The zero-order valence-electron chi connectivity index (χ0n) is 19.9. The molecule has 0 fully saturated rings. The van der Waals surface area contributed by atoms with Crippen LogP contribution in [0.2, 0.25) is 0 Å². The number of aryl methyl sites for hydroxylation is 1. The molecule has 0 bridgehead atoms. The fourth-order valence-electron chi connectivity index (χ4n) is 3.28. The number of hydrogen-bond donors (Lipinski definition) is 2. The topological polar surface area (TPSA) is 106 Å². The first-order chi connectivity index (χ1) is 16.8. The first kappa shape index (κ1) is 26.0. The minimum atomic E-state index is -0.532. The quantitative estimate of drug-likeness (QED) is 0.301. The molecular formula is C25H27FN4O4S. The number of halogens is 1. The molecule has 0 saturated carbocycles. The minimum absolute atomic E-state index is 0.166. The number of benzene rings is 1. The van der Waals surface area contributed by atoms with Gasteiger partial charge in [0.1, 0.15) is 11.6 Å². The Hall–Kier alpha value is -3.63. The van der Waals surface area contributed by atoms with Crippen molar-refractivity contribution < 1.29 is 23.8 Å². The molecule has 1 amide bonds. The molecule has 1 atom stereocenters. The predicted molar refractivity (Wildman–Crippen MR) is 133 cm³/mol. The maximum Gasteiger partial charge on any atom is 0.295 e. The van der Waals surface area contributed by atoms with Gasteiger partial charge in [-0.15, -0.1) is 5.10 Å². The van der Waals surface area contributed by atoms with Gasteiger partial charge in [0, 0.05) is 17.5 Å². The number of amides is 1. The monoisotopic (exact) mass is 498 g/mol. The summed E-state index contributed by atoms with van der Waals surface area (Å²) in [6, 6.07) is 6.11. The zero-order valence-corrected chi connectivity index (χ0v) is 20.7. The van der Waals surface area contributed by atoms with Gasteiger partial charge >= 0.3 is 0 Å². The molecule has 3 aromatic rings. The van der Waals surface area contributed by atoms with Crippen molar-refractivity contribution in [3.05, 3.63) is 71.3 Å². The third-order valence-corrected chi connectivity index (χ3v) is 5.76. The molecule has 0 spiro atoms. The number of carbonyl (C=O) groups excluding carboxylic acids is 1. The number of aliphatic hydroxyl groups excluding tert-OH is 1. The second-order valence-corrected chi connectivity index (χ2v) is 8.46. The van der Waals surface area contributed by atoms with E-state index in [0.717, 1.165) is 16.9 Å². The highest BCUT2D eigenvalue weighted by atomic mass is 32.1. The van der Waals surface area contributed by atoms with E-state index >= 15 is 0 Å². The van der Waals surface area contributed by atoms with Crippen molar-refractivity contribution in [3.63, 3.8) is 0 Å². The third kappa shape index (κ3) is 6.71. The van der Waals surface area contributed by atoms with Crippen molar-refractivity contribution >= 4 is 22.4 Å². The van der Waals surface area contributed by atoms with Gasteiger partial charge in [0.25, 0.3) is 11.1 Å². The number of anilines is 1. The van der Waals surface area contributed by atoms with Crippen LogP contribution in [0.3, 0.4) is 0 Å². The van der Waals surface area contributed by atoms with Crippen molar-refractivity contribution in [2.24, 2.45) is 0 Å². The number of aromatic nitrogens is 3. The van der Waals surface area contributed by atoms with Crippen LogP contribution in [0.5, 0.6) is 10.9 Å². The van der Waals surface area contributed by atoms with Crippen molar-refractivity contribution in [3.8, 4) is 22.1 Å². The fourth-order valence-corrected chi connectivity index (χ4v) is 3.89. The summed E-state index contributed by atoms with van der Waals surface area (Å²) < 4.78 is 25.6. The number of ether oxygens (including phenoxy) is 2. The van der Waals surface area contributed by atoms with Gasteiger partial charge in [0.05, 0.1) is 30.9 Å². The lowest BCUT2D eigenvalue weighted by atomic mass is 9.98. The number of pyridine rings is 1. The van der Waals surface area contributed by atoms with Crippen molar-refractivity contribution in [2.45, 2.75) is 33.3 Å². The normalized spacial score (nSPS) is 12.6. The van der Waals surface area contributed by atoms with Crippen LogP contribution >= 0.6 is 11.3 Å². The number of carbonyl (C=O) groups is 1. The fraction of sp³-hybridized carbons (Fsp3) is 0.280. The number of allylic oxidation sites excluding steroid dienone is 1. The summed E-state index contributed by atoms with van der Waals surface area (Å²) in [5, 5.41) is 20.7. The summed E-state index contributed by atoms with van der Waals surface area (Å²) in [4.78, 5) is 17.2. The van der Waals surface area contributed by atoms with E-state index in [0.29, 0.717) is 35.2 Å². The second-order valence-electron chi connectivity index (χ2n) is 7.52. The van der Waals surface area contributed by atoms with E-state index in [-0.39, 0.29) is 16.3 Å². The summed E-state index contributed by atoms with van der Waals surface area (Å²) in [5.41, 5.74) is 2.15. The number of aliphatic hydroxyl groups is 1. The number of methoxy groups -OCH3 is 1. The van der Waals surface area contributed by atoms with Gasteiger partial charge in [0.2, 0.25) is 5.13 Å². The maximum absolute atomic E-state index is 14.7. The number of nitrogens with one attached hydrogen (secondary N) is 1. The molecule has 3 rings (SSSR count). The summed E-state index contributed by atoms with van der Waals surface area (Å²) in [5.74, 6) is -0.722. The van der Waals surface area contributed by atoms with Crippen LogP contribution in [0.1, 0.15) is 36.3 Å². The first-order valence-corrected chi connectivity index (χ1v) is 11.7. The maximum atomic E-state index is 14.7. The van der Waals surface area contributed by atoms with Gasteiger partial charge in [-0.05, 0) is 62.3 Å². The largest absolute Gasteiger partial charge is 0.496 e. The van der Waals surface area contributed by atoms with Crippen LogP contribution in [0.4, 0.5) is 9.52 Å². The number of hydrogen-bond acceptors (Lipinski definition) is 8. The summed E-state index contributed by atoms with van der Waals surface area (Å²) in [6.07, 6.45) is 7.05. The highest BCUT2D eigenvalue weighted by Gasteiger charge is 2.21. The first-order valence-electron chi connectivity index (χ1n) is 10.9. The lowest BCUT2D eigenvalue weighted by Gasteiger charge is -2.14. The van der Waals surface area contributed by atoms with Gasteiger partial charge in [-0.3, -0.25) is 15.1 Å². The van der Waals surface area contributed by atoms with Crippen LogP contribution in [0, 0.1) is 12.7 Å². The van der Waals surface area contributed by atoms with Crippen LogP contribution < -0.4 is 14.8 Å². The molecule has 1 aromatic carbocycles. The third-order valence-electron chi connectivity index (χ3n) is 5.01. The smallest absolute Gasteiger partial charge is 0.295 e. The van der Waals surface area contributed by atoms with Gasteiger partial charge in [-0.25, -0.2) is 4.39 Å². The molecule has 0 radical (unpaired) electrons. The lowest BCUT2D eigenvalue weighted by Crippen LogP contribution is -2.14. The predicted octanol–water partition coefficient (Wildman–Crippen LogP) is 4.96. The van der Waals surface area contributed by atoms with Crippen LogP contribution in [0.15, 0.2) is 54.3 Å². The van der Waals surface area contributed by atoms with Gasteiger partial charge < -0.3 is 14.6 Å². The van der Waals surface area contributed by atoms with Crippen molar-refractivity contribution in [2.75, 3.05) is 19.0 Å². The Kier molecular flexibility index (Phi) is 9.04. The molecule has 0 saturated heterocycles. The molecule has 0 aliphatic rings. The molecule has 8 nitrogen and oxygen atoms in total. The summed E-state index contributed by atoms with van der Waals surface area (Å²) >= 11 is 1.07. The average molecular weight is 499 g/mol. The Balaban J connectivity index is 1.70. The van der Waals surface area contributed by atoms with Crippen molar-refractivity contribution in [1.82, 2.24) is 15.2 Å². The molecule has 2 N–H and O–H groups in total. The molecule has 0 aliphatic carbocycles. The molecule has 0 aliphatic heterocycles. The minimum Gasteiger partial charge on any atom is -0.496 e. The highest BCUT2D eigenvalue weighted by Crippen LogP contribution is 2.35. The number of nitrogens with zero attached hydrogens (tertiary/aromatic N) is 3. The van der Waals surface area contributed by atoms with Crippen LogP contribution in [-0.2, 0) is 0 Å². The highest BCUT2D eigenvalue weighted by molar-refractivity contribution is 7.17. The van der Waals surface area contributed by atoms with E-state index < -0.39 is 17.8 Å². The van der Waals surface area contributed by atoms with Gasteiger partial charge in [0.15, 0.2) is 0 Å². The molecule has 10 heteroatoms. The molecular weight excluding hydrogens is 471 g/mol. The van der Waals surface area contributed by atoms with E-state index in [4.69, 9.17) is 9.47 Å². The SMILES string of the molecule is C/C=C(\C=C/CCOc1nnc(NC(=O)c2cnc(C)cc2-c2c(F)cccc2OC)s1)C(C)O. The van der Waals surface area contributed by atoms with E-state index in [1.54, 1.807) is 26.0 Å².